The molecular weight excluding hydrogens is 322 g/mol. The highest BCUT2D eigenvalue weighted by atomic mass is 35.5. The summed E-state index contributed by atoms with van der Waals surface area (Å²) in [5, 5.41) is 1.63. The predicted octanol–water partition coefficient (Wildman–Crippen LogP) is 4.13. The monoisotopic (exact) mass is 335 g/mol. The van der Waals surface area contributed by atoms with Crippen LogP contribution >= 0.6 is 11.6 Å². The SMILES string of the molecule is Cc1ccc2ccccc2n1.O=S(=O)(O)c1ccc(Cl)cc1. The fourth-order valence-corrected chi connectivity index (χ4v) is 2.38. The van der Waals surface area contributed by atoms with Gasteiger partial charge in [-0.1, -0.05) is 35.9 Å². The summed E-state index contributed by atoms with van der Waals surface area (Å²) in [5.74, 6) is 0. The van der Waals surface area contributed by atoms with Crippen molar-refractivity contribution in [2.75, 3.05) is 0 Å². The van der Waals surface area contributed by atoms with E-state index < -0.39 is 10.1 Å². The molecule has 0 unspecified atom stereocenters. The predicted molar refractivity (Wildman–Crippen MR) is 87.7 cm³/mol. The van der Waals surface area contributed by atoms with Gasteiger partial charge in [0.05, 0.1) is 10.4 Å². The molecule has 0 aliphatic rings. The Bertz CT molecular complexity index is 877. The van der Waals surface area contributed by atoms with Crippen LogP contribution in [0.3, 0.4) is 0 Å². The van der Waals surface area contributed by atoms with Crippen LogP contribution in [0.2, 0.25) is 5.02 Å². The van der Waals surface area contributed by atoms with Crippen molar-refractivity contribution < 1.29 is 13.0 Å². The van der Waals surface area contributed by atoms with Crippen molar-refractivity contribution in [1.29, 1.82) is 0 Å². The number of nitrogens with zero attached hydrogens (tertiary/aromatic N) is 1. The maximum absolute atomic E-state index is 10.5. The Morgan fingerprint density at radius 2 is 1.59 bits per heavy atom. The zero-order valence-electron chi connectivity index (χ0n) is 11.8. The average molecular weight is 336 g/mol. The summed E-state index contributed by atoms with van der Waals surface area (Å²) in [6, 6.07) is 17.5. The summed E-state index contributed by atoms with van der Waals surface area (Å²) in [7, 11) is -4.08. The number of fused-ring (bicyclic) bond motifs is 1. The first-order valence-electron chi connectivity index (χ1n) is 6.42. The van der Waals surface area contributed by atoms with Crippen molar-refractivity contribution in [3.63, 3.8) is 0 Å². The van der Waals surface area contributed by atoms with Gasteiger partial charge in [-0.25, -0.2) is 0 Å². The van der Waals surface area contributed by atoms with E-state index in [2.05, 4.69) is 17.1 Å². The van der Waals surface area contributed by atoms with Gasteiger partial charge < -0.3 is 0 Å². The number of hydrogen-bond acceptors (Lipinski definition) is 3. The Hall–Kier alpha value is -1.95. The lowest BCUT2D eigenvalue weighted by Gasteiger charge is -1.95. The van der Waals surface area contributed by atoms with E-state index in [0.717, 1.165) is 11.2 Å². The maximum Gasteiger partial charge on any atom is 0.294 e. The highest BCUT2D eigenvalue weighted by molar-refractivity contribution is 7.85. The van der Waals surface area contributed by atoms with E-state index in [0.29, 0.717) is 5.02 Å². The zero-order valence-corrected chi connectivity index (χ0v) is 13.3. The van der Waals surface area contributed by atoms with Gasteiger partial charge in [0.25, 0.3) is 10.1 Å². The second kappa shape index (κ2) is 6.87. The van der Waals surface area contributed by atoms with Crippen LogP contribution in [0.5, 0.6) is 0 Å². The van der Waals surface area contributed by atoms with Gasteiger partial charge >= 0.3 is 0 Å². The summed E-state index contributed by atoms with van der Waals surface area (Å²) in [6.45, 7) is 2.01. The van der Waals surface area contributed by atoms with E-state index in [1.807, 2.05) is 31.2 Å². The summed E-state index contributed by atoms with van der Waals surface area (Å²) in [5.41, 5.74) is 2.15. The number of pyridine rings is 1. The molecule has 4 nitrogen and oxygen atoms in total. The fourth-order valence-electron chi connectivity index (χ4n) is 1.77. The first kappa shape index (κ1) is 16.4. The van der Waals surface area contributed by atoms with E-state index in [4.69, 9.17) is 16.2 Å². The Morgan fingerprint density at radius 1 is 0.955 bits per heavy atom. The van der Waals surface area contributed by atoms with Crippen molar-refractivity contribution in [2.24, 2.45) is 0 Å². The molecule has 0 saturated heterocycles. The maximum atomic E-state index is 10.5. The van der Waals surface area contributed by atoms with E-state index in [1.165, 1.54) is 29.7 Å². The molecule has 1 heterocycles. The van der Waals surface area contributed by atoms with Gasteiger partial charge in [0.2, 0.25) is 0 Å². The number of aryl methyl sites for hydroxylation is 1. The van der Waals surface area contributed by atoms with E-state index >= 15 is 0 Å². The van der Waals surface area contributed by atoms with E-state index in [1.54, 1.807) is 0 Å². The minimum Gasteiger partial charge on any atom is -0.282 e. The van der Waals surface area contributed by atoms with E-state index in [9.17, 15) is 8.42 Å². The Labute approximate surface area is 134 Å². The third-order valence-corrected chi connectivity index (χ3v) is 3.97. The third-order valence-electron chi connectivity index (χ3n) is 2.85. The van der Waals surface area contributed by atoms with Crippen LogP contribution in [0.15, 0.2) is 65.6 Å². The largest absolute Gasteiger partial charge is 0.294 e. The van der Waals surface area contributed by atoms with Gasteiger partial charge in [-0.05, 0) is 43.3 Å². The quantitative estimate of drug-likeness (QED) is 0.679. The van der Waals surface area contributed by atoms with Gasteiger partial charge in [0.1, 0.15) is 0 Å². The zero-order chi connectivity index (χ0) is 16.2. The lowest BCUT2D eigenvalue weighted by Crippen LogP contribution is -1.96. The summed E-state index contributed by atoms with van der Waals surface area (Å²) >= 11 is 5.49. The second-order valence-electron chi connectivity index (χ2n) is 4.57. The highest BCUT2D eigenvalue weighted by Crippen LogP contribution is 2.13. The van der Waals surface area contributed by atoms with Crippen molar-refractivity contribution in [2.45, 2.75) is 11.8 Å². The van der Waals surface area contributed by atoms with Crippen LogP contribution in [0, 0.1) is 6.92 Å². The average Bonchev–Trinajstić information content (AvgIpc) is 2.47. The molecule has 0 bridgehead atoms. The molecule has 22 heavy (non-hydrogen) atoms. The number of hydrogen-bond donors (Lipinski definition) is 1. The Morgan fingerprint density at radius 3 is 2.23 bits per heavy atom. The molecule has 0 amide bonds. The van der Waals surface area contributed by atoms with Crippen LogP contribution in [0.25, 0.3) is 10.9 Å². The molecule has 0 aliphatic heterocycles. The molecule has 0 fully saturated rings. The number of aromatic nitrogens is 1. The van der Waals surface area contributed by atoms with Crippen molar-refractivity contribution in [1.82, 2.24) is 4.98 Å². The number of benzene rings is 2. The molecule has 3 rings (SSSR count). The van der Waals surface area contributed by atoms with Crippen molar-refractivity contribution in [3.8, 4) is 0 Å². The first-order valence-corrected chi connectivity index (χ1v) is 8.23. The summed E-state index contributed by atoms with van der Waals surface area (Å²) in [4.78, 5) is 4.22. The molecule has 0 atom stereocenters. The topological polar surface area (TPSA) is 67.3 Å². The molecule has 0 spiro atoms. The van der Waals surface area contributed by atoms with Crippen LogP contribution in [0.4, 0.5) is 0 Å². The number of rotatable bonds is 1. The summed E-state index contributed by atoms with van der Waals surface area (Å²) < 4.78 is 29.4. The fraction of sp³-hybridized carbons (Fsp3) is 0.0625. The molecule has 6 heteroatoms. The highest BCUT2D eigenvalue weighted by Gasteiger charge is 2.07. The standard InChI is InChI=1S/C10H9N.C6H5ClO3S/c1-8-6-7-9-4-2-3-5-10(9)11-8;7-5-1-3-6(4-2-5)11(8,9)10/h2-7H,1H3;1-4H,(H,8,9,10). The summed E-state index contributed by atoms with van der Waals surface area (Å²) in [6.07, 6.45) is 0. The van der Waals surface area contributed by atoms with Gasteiger partial charge in [0, 0.05) is 16.1 Å². The molecular formula is C16H14ClNO3S. The Balaban J connectivity index is 0.000000160. The molecule has 1 aromatic heterocycles. The van der Waals surface area contributed by atoms with Crippen LogP contribution < -0.4 is 0 Å². The molecule has 114 valence electrons. The van der Waals surface area contributed by atoms with Gasteiger partial charge in [-0.2, -0.15) is 8.42 Å². The molecule has 0 aliphatic carbocycles. The first-order chi connectivity index (χ1) is 10.4. The molecule has 3 aromatic rings. The van der Waals surface area contributed by atoms with Crippen molar-refractivity contribution >= 4 is 32.6 Å². The normalized spacial score (nSPS) is 10.9. The van der Waals surface area contributed by atoms with Gasteiger partial charge in [0.15, 0.2) is 0 Å². The molecule has 0 saturated carbocycles. The number of para-hydroxylation sites is 1. The van der Waals surface area contributed by atoms with Crippen LogP contribution in [-0.2, 0) is 10.1 Å². The number of halogens is 1. The minimum absolute atomic E-state index is 0.151. The minimum atomic E-state index is -4.08. The second-order valence-corrected chi connectivity index (χ2v) is 6.43. The lowest BCUT2D eigenvalue weighted by molar-refractivity contribution is 0.483. The Kier molecular flexibility index (Phi) is 5.13. The van der Waals surface area contributed by atoms with E-state index in [-0.39, 0.29) is 4.90 Å². The molecule has 0 radical (unpaired) electrons. The molecule has 2 aromatic carbocycles. The van der Waals surface area contributed by atoms with Crippen LogP contribution in [-0.4, -0.2) is 18.0 Å². The van der Waals surface area contributed by atoms with Gasteiger partial charge in [-0.3, -0.25) is 9.54 Å². The molecule has 1 N–H and O–H groups in total. The van der Waals surface area contributed by atoms with Gasteiger partial charge in [-0.15, -0.1) is 0 Å². The van der Waals surface area contributed by atoms with Crippen molar-refractivity contribution in [3.05, 3.63) is 71.4 Å². The van der Waals surface area contributed by atoms with Crippen LogP contribution in [0.1, 0.15) is 5.69 Å². The lowest BCUT2D eigenvalue weighted by atomic mass is 10.2. The smallest absolute Gasteiger partial charge is 0.282 e. The third kappa shape index (κ3) is 4.53.